The van der Waals surface area contributed by atoms with Gasteiger partial charge in [0.2, 0.25) is 0 Å². The maximum atomic E-state index is 11.1. The number of Topliss-reactive ketones (excluding diaryl/α,β-unsaturated/α-hetero) is 1. The van der Waals surface area contributed by atoms with Crippen LogP contribution in [0.2, 0.25) is 0 Å². The molecule has 1 atom stereocenters. The number of aromatic amines is 1. The van der Waals surface area contributed by atoms with Crippen LogP contribution in [0.5, 0.6) is 0 Å². The van der Waals surface area contributed by atoms with Gasteiger partial charge >= 0.3 is 0 Å². The lowest BCUT2D eigenvalue weighted by Crippen LogP contribution is -2.35. The van der Waals surface area contributed by atoms with Crippen LogP contribution in [0.15, 0.2) is 6.07 Å². The van der Waals surface area contributed by atoms with E-state index in [1.54, 1.807) is 6.92 Å². The predicted octanol–water partition coefficient (Wildman–Crippen LogP) is 1.30. The Morgan fingerprint density at radius 2 is 2.47 bits per heavy atom. The van der Waals surface area contributed by atoms with E-state index in [9.17, 15) is 4.79 Å². The van der Waals surface area contributed by atoms with Gasteiger partial charge in [0.25, 0.3) is 0 Å². The minimum Gasteiger partial charge on any atom is -0.314 e. The molecule has 0 bridgehead atoms. The number of H-pyrrole nitrogens is 1. The number of carbonyl (C=O) groups is 1. The molecule has 0 spiro atoms. The normalized spacial score (nSPS) is 21.5. The third-order valence-electron chi connectivity index (χ3n) is 2.87. The zero-order valence-corrected chi connectivity index (χ0v) is 9.05. The fraction of sp³-hybridized carbons (Fsp3) is 0.636. The van der Waals surface area contributed by atoms with E-state index < -0.39 is 0 Å². The first-order valence-electron chi connectivity index (χ1n) is 5.54. The van der Waals surface area contributed by atoms with Gasteiger partial charge in [0.15, 0.2) is 5.78 Å². The molecule has 4 nitrogen and oxygen atoms in total. The molecular weight excluding hydrogens is 190 g/mol. The Morgan fingerprint density at radius 1 is 1.60 bits per heavy atom. The highest BCUT2D eigenvalue weighted by Crippen LogP contribution is 2.12. The van der Waals surface area contributed by atoms with Gasteiger partial charge in [-0.15, -0.1) is 0 Å². The van der Waals surface area contributed by atoms with Crippen LogP contribution in [0.3, 0.4) is 0 Å². The summed E-state index contributed by atoms with van der Waals surface area (Å²) in [4.78, 5) is 11.1. The molecule has 1 unspecified atom stereocenters. The Kier molecular flexibility index (Phi) is 3.16. The average Bonchev–Trinajstić information content (AvgIpc) is 2.68. The standard InChI is InChI=1S/C11H17N3O/c1-8(15)11-7-10(13-14-11)6-9-4-2-3-5-12-9/h7,9,12H,2-6H2,1H3,(H,13,14). The molecule has 1 fully saturated rings. The van der Waals surface area contributed by atoms with Crippen molar-refractivity contribution in [2.75, 3.05) is 6.54 Å². The second-order valence-electron chi connectivity index (χ2n) is 4.19. The molecule has 15 heavy (non-hydrogen) atoms. The number of ketones is 1. The van der Waals surface area contributed by atoms with Crippen LogP contribution >= 0.6 is 0 Å². The monoisotopic (exact) mass is 207 g/mol. The van der Waals surface area contributed by atoms with E-state index in [1.807, 2.05) is 6.07 Å². The van der Waals surface area contributed by atoms with Crippen molar-refractivity contribution in [3.8, 4) is 0 Å². The van der Waals surface area contributed by atoms with Gasteiger partial charge in [0, 0.05) is 25.1 Å². The SMILES string of the molecule is CC(=O)c1cc(CC2CCCCN2)[nH]n1. The number of piperidine rings is 1. The highest BCUT2D eigenvalue weighted by atomic mass is 16.1. The Morgan fingerprint density at radius 3 is 3.07 bits per heavy atom. The van der Waals surface area contributed by atoms with Gasteiger partial charge in [-0.1, -0.05) is 6.42 Å². The topological polar surface area (TPSA) is 57.8 Å². The molecule has 1 saturated heterocycles. The van der Waals surface area contributed by atoms with Crippen LogP contribution in [0.1, 0.15) is 42.4 Å². The molecule has 0 radical (unpaired) electrons. The van der Waals surface area contributed by atoms with E-state index in [2.05, 4.69) is 15.5 Å². The number of aromatic nitrogens is 2. The molecule has 1 aromatic rings. The number of rotatable bonds is 3. The molecule has 0 saturated carbocycles. The Hall–Kier alpha value is -1.16. The van der Waals surface area contributed by atoms with Crippen LogP contribution in [-0.2, 0) is 6.42 Å². The third-order valence-corrected chi connectivity index (χ3v) is 2.87. The number of carbonyl (C=O) groups excluding carboxylic acids is 1. The van der Waals surface area contributed by atoms with E-state index in [0.29, 0.717) is 11.7 Å². The van der Waals surface area contributed by atoms with E-state index in [4.69, 9.17) is 0 Å². The van der Waals surface area contributed by atoms with Crippen molar-refractivity contribution in [2.24, 2.45) is 0 Å². The molecule has 2 heterocycles. The lowest BCUT2D eigenvalue weighted by atomic mass is 10.0. The van der Waals surface area contributed by atoms with Crippen LogP contribution in [0.25, 0.3) is 0 Å². The molecule has 2 N–H and O–H groups in total. The van der Waals surface area contributed by atoms with Gasteiger partial charge in [-0.25, -0.2) is 0 Å². The summed E-state index contributed by atoms with van der Waals surface area (Å²) in [5, 5.41) is 10.4. The second kappa shape index (κ2) is 4.57. The maximum Gasteiger partial charge on any atom is 0.179 e. The highest BCUT2D eigenvalue weighted by Gasteiger charge is 2.14. The Labute approximate surface area is 89.5 Å². The van der Waals surface area contributed by atoms with E-state index in [0.717, 1.165) is 18.7 Å². The molecule has 1 aromatic heterocycles. The largest absolute Gasteiger partial charge is 0.314 e. The summed E-state index contributed by atoms with van der Waals surface area (Å²) >= 11 is 0. The lowest BCUT2D eigenvalue weighted by Gasteiger charge is -2.22. The van der Waals surface area contributed by atoms with Gasteiger partial charge in [-0.3, -0.25) is 9.89 Å². The smallest absolute Gasteiger partial charge is 0.179 e. The van der Waals surface area contributed by atoms with E-state index in [-0.39, 0.29) is 5.78 Å². The maximum absolute atomic E-state index is 11.1. The number of nitrogens with zero attached hydrogens (tertiary/aromatic N) is 1. The van der Waals surface area contributed by atoms with Gasteiger partial charge in [0.05, 0.1) is 0 Å². The molecule has 1 aliphatic rings. The van der Waals surface area contributed by atoms with Gasteiger partial charge < -0.3 is 5.32 Å². The summed E-state index contributed by atoms with van der Waals surface area (Å²) in [5.74, 6) is 0.0223. The predicted molar refractivity (Wildman–Crippen MR) is 57.9 cm³/mol. The molecular formula is C11H17N3O. The lowest BCUT2D eigenvalue weighted by molar-refractivity contribution is 0.101. The molecule has 82 valence electrons. The Bertz CT molecular complexity index is 339. The van der Waals surface area contributed by atoms with Crippen molar-refractivity contribution >= 4 is 5.78 Å². The zero-order chi connectivity index (χ0) is 10.7. The number of nitrogens with one attached hydrogen (secondary N) is 2. The fourth-order valence-corrected chi connectivity index (χ4v) is 2.01. The van der Waals surface area contributed by atoms with Crippen LogP contribution in [0.4, 0.5) is 0 Å². The zero-order valence-electron chi connectivity index (χ0n) is 9.05. The highest BCUT2D eigenvalue weighted by molar-refractivity contribution is 5.92. The minimum absolute atomic E-state index is 0.0223. The van der Waals surface area contributed by atoms with Crippen LogP contribution in [0, 0.1) is 0 Å². The van der Waals surface area contributed by atoms with Gasteiger partial charge in [0.1, 0.15) is 5.69 Å². The van der Waals surface area contributed by atoms with Crippen LogP contribution < -0.4 is 5.32 Å². The Balaban J connectivity index is 1.94. The summed E-state index contributed by atoms with van der Waals surface area (Å²) in [6.07, 6.45) is 4.73. The van der Waals surface area contributed by atoms with Crippen LogP contribution in [-0.4, -0.2) is 28.6 Å². The summed E-state index contributed by atoms with van der Waals surface area (Å²) in [6.45, 7) is 2.65. The summed E-state index contributed by atoms with van der Waals surface area (Å²) < 4.78 is 0. The molecule has 0 amide bonds. The van der Waals surface area contributed by atoms with Crippen molar-refractivity contribution in [3.05, 3.63) is 17.5 Å². The quantitative estimate of drug-likeness (QED) is 0.734. The fourth-order valence-electron chi connectivity index (χ4n) is 2.01. The van der Waals surface area contributed by atoms with Crippen molar-refractivity contribution < 1.29 is 4.79 Å². The first-order chi connectivity index (χ1) is 7.25. The van der Waals surface area contributed by atoms with E-state index >= 15 is 0 Å². The minimum atomic E-state index is 0.0223. The van der Waals surface area contributed by atoms with Crippen molar-refractivity contribution in [1.82, 2.24) is 15.5 Å². The number of hydrogen-bond donors (Lipinski definition) is 2. The molecule has 1 aliphatic heterocycles. The summed E-state index contributed by atoms with van der Waals surface area (Å²) in [5.41, 5.74) is 1.60. The van der Waals surface area contributed by atoms with Gasteiger partial charge in [-0.05, 0) is 25.5 Å². The van der Waals surface area contributed by atoms with Gasteiger partial charge in [-0.2, -0.15) is 5.10 Å². The van der Waals surface area contributed by atoms with Crippen molar-refractivity contribution in [1.29, 1.82) is 0 Å². The number of hydrogen-bond acceptors (Lipinski definition) is 3. The van der Waals surface area contributed by atoms with Crippen molar-refractivity contribution in [3.63, 3.8) is 0 Å². The summed E-state index contributed by atoms with van der Waals surface area (Å²) in [7, 11) is 0. The first kappa shape index (κ1) is 10.4. The average molecular weight is 207 g/mol. The molecule has 2 rings (SSSR count). The molecule has 0 aliphatic carbocycles. The second-order valence-corrected chi connectivity index (χ2v) is 4.19. The molecule has 4 heteroatoms. The summed E-state index contributed by atoms with van der Waals surface area (Å²) in [6, 6.07) is 2.40. The third kappa shape index (κ3) is 2.65. The van der Waals surface area contributed by atoms with Crippen molar-refractivity contribution in [2.45, 2.75) is 38.6 Å². The van der Waals surface area contributed by atoms with E-state index in [1.165, 1.54) is 19.3 Å². The first-order valence-corrected chi connectivity index (χ1v) is 5.54. The molecule has 0 aromatic carbocycles.